The molecule has 0 bridgehead atoms. The average molecular weight is 213 g/mol. The molecule has 0 aliphatic heterocycles. The van der Waals surface area contributed by atoms with Crippen molar-refractivity contribution in [3.05, 3.63) is 35.6 Å². The lowest BCUT2D eigenvalue weighted by Crippen LogP contribution is -2.17. The molecule has 0 aromatic carbocycles. The van der Waals surface area contributed by atoms with Gasteiger partial charge in [0.1, 0.15) is 0 Å². The summed E-state index contributed by atoms with van der Waals surface area (Å²) in [5, 5.41) is 3.89. The van der Waals surface area contributed by atoms with Gasteiger partial charge in [0.05, 0.1) is 0 Å². The van der Waals surface area contributed by atoms with E-state index in [9.17, 15) is 0 Å². The first-order valence-electron chi connectivity index (χ1n) is 4.92. The van der Waals surface area contributed by atoms with Crippen LogP contribution >= 0.6 is 11.6 Å². The Labute approximate surface area is 90.6 Å². The molecule has 0 aliphatic carbocycles. The van der Waals surface area contributed by atoms with E-state index in [0.29, 0.717) is 11.6 Å². The molecule has 1 aromatic rings. The van der Waals surface area contributed by atoms with Gasteiger partial charge in [0.15, 0.2) is 0 Å². The largest absolute Gasteiger partial charge is 0.350 e. The van der Waals surface area contributed by atoms with Crippen LogP contribution in [0.15, 0.2) is 29.9 Å². The normalized spacial score (nSPS) is 10.4. The summed E-state index contributed by atoms with van der Waals surface area (Å²) in [5.41, 5.74) is 1.30. The van der Waals surface area contributed by atoms with E-state index < -0.39 is 0 Å². The van der Waals surface area contributed by atoms with Crippen molar-refractivity contribution in [3.8, 4) is 0 Å². The third-order valence-electron chi connectivity index (χ3n) is 2.01. The maximum absolute atomic E-state index is 5.66. The molecule has 0 saturated carbocycles. The van der Waals surface area contributed by atoms with Crippen molar-refractivity contribution in [2.75, 3.05) is 6.54 Å². The van der Waals surface area contributed by atoms with E-state index >= 15 is 0 Å². The zero-order chi connectivity index (χ0) is 10.4. The van der Waals surface area contributed by atoms with Crippen LogP contribution in [0.2, 0.25) is 0 Å². The SMILES string of the molecule is C=C(Cl)CNCc1cccn1CCC. The van der Waals surface area contributed by atoms with E-state index in [0.717, 1.165) is 19.5 Å². The van der Waals surface area contributed by atoms with Crippen LogP contribution in [-0.4, -0.2) is 11.1 Å². The van der Waals surface area contributed by atoms with Crippen molar-refractivity contribution in [1.29, 1.82) is 0 Å². The Morgan fingerprint density at radius 2 is 2.43 bits per heavy atom. The highest BCUT2D eigenvalue weighted by molar-refractivity contribution is 6.29. The smallest absolute Gasteiger partial charge is 0.0362 e. The zero-order valence-corrected chi connectivity index (χ0v) is 9.35. The Kier molecular flexibility index (Phi) is 4.77. The van der Waals surface area contributed by atoms with Crippen LogP contribution in [0.25, 0.3) is 0 Å². The summed E-state index contributed by atoms with van der Waals surface area (Å²) in [6.45, 7) is 8.39. The second kappa shape index (κ2) is 5.89. The lowest BCUT2D eigenvalue weighted by Gasteiger charge is -2.08. The molecule has 0 amide bonds. The predicted octanol–water partition coefficient (Wildman–Crippen LogP) is 2.74. The van der Waals surface area contributed by atoms with Crippen molar-refractivity contribution in [1.82, 2.24) is 9.88 Å². The minimum Gasteiger partial charge on any atom is -0.350 e. The molecule has 0 spiro atoms. The number of aromatic nitrogens is 1. The number of nitrogens with zero attached hydrogens (tertiary/aromatic N) is 1. The molecule has 1 N–H and O–H groups in total. The molecule has 0 unspecified atom stereocenters. The summed E-state index contributed by atoms with van der Waals surface area (Å²) in [6.07, 6.45) is 3.26. The number of halogens is 1. The first-order chi connectivity index (χ1) is 6.74. The fraction of sp³-hybridized carbons (Fsp3) is 0.455. The lowest BCUT2D eigenvalue weighted by atomic mass is 10.4. The topological polar surface area (TPSA) is 17.0 Å². The fourth-order valence-electron chi connectivity index (χ4n) is 1.40. The minimum absolute atomic E-state index is 0.651. The number of hydrogen-bond donors (Lipinski definition) is 1. The van der Waals surface area contributed by atoms with Gasteiger partial charge in [-0.15, -0.1) is 0 Å². The van der Waals surface area contributed by atoms with Gasteiger partial charge in [0, 0.05) is 36.6 Å². The molecule has 0 saturated heterocycles. The van der Waals surface area contributed by atoms with Crippen molar-refractivity contribution in [3.63, 3.8) is 0 Å². The highest BCUT2D eigenvalue weighted by atomic mass is 35.5. The number of rotatable bonds is 6. The molecule has 1 heterocycles. The van der Waals surface area contributed by atoms with Crippen LogP contribution < -0.4 is 5.32 Å². The first kappa shape index (κ1) is 11.3. The molecule has 0 aliphatic rings. The van der Waals surface area contributed by atoms with Crippen LogP contribution in [0.5, 0.6) is 0 Å². The Hall–Kier alpha value is -0.730. The van der Waals surface area contributed by atoms with Gasteiger partial charge >= 0.3 is 0 Å². The second-order valence-electron chi connectivity index (χ2n) is 3.31. The second-order valence-corrected chi connectivity index (χ2v) is 3.85. The molecule has 2 nitrogen and oxygen atoms in total. The van der Waals surface area contributed by atoms with Crippen LogP contribution in [0, 0.1) is 0 Å². The van der Waals surface area contributed by atoms with Gasteiger partial charge in [-0.05, 0) is 18.6 Å². The maximum Gasteiger partial charge on any atom is 0.0362 e. The molecule has 1 rings (SSSR count). The van der Waals surface area contributed by atoms with Crippen LogP contribution in [-0.2, 0) is 13.1 Å². The van der Waals surface area contributed by atoms with Gasteiger partial charge in [0.25, 0.3) is 0 Å². The third kappa shape index (κ3) is 3.56. The molecule has 14 heavy (non-hydrogen) atoms. The zero-order valence-electron chi connectivity index (χ0n) is 8.59. The molecule has 0 atom stereocenters. The van der Waals surface area contributed by atoms with E-state index in [2.05, 4.69) is 41.7 Å². The van der Waals surface area contributed by atoms with Gasteiger partial charge in [-0.2, -0.15) is 0 Å². The fourth-order valence-corrected chi connectivity index (χ4v) is 1.49. The first-order valence-corrected chi connectivity index (χ1v) is 5.30. The Bertz CT molecular complexity index is 291. The van der Waals surface area contributed by atoms with E-state index in [1.54, 1.807) is 0 Å². The standard InChI is InChI=1S/C11H17ClN2/c1-3-6-14-7-4-5-11(14)9-13-8-10(2)12/h4-5,7,13H,2-3,6,8-9H2,1H3. The molecule has 1 aromatic heterocycles. The van der Waals surface area contributed by atoms with Crippen molar-refractivity contribution >= 4 is 11.6 Å². The maximum atomic E-state index is 5.66. The molecule has 0 fully saturated rings. The minimum atomic E-state index is 0.651. The summed E-state index contributed by atoms with van der Waals surface area (Å²) < 4.78 is 2.25. The molecule has 0 radical (unpaired) electrons. The summed E-state index contributed by atoms with van der Waals surface area (Å²) in [7, 11) is 0. The Balaban J connectivity index is 2.41. The Morgan fingerprint density at radius 1 is 1.64 bits per heavy atom. The van der Waals surface area contributed by atoms with Gasteiger partial charge in [-0.3, -0.25) is 0 Å². The number of nitrogens with one attached hydrogen (secondary N) is 1. The van der Waals surface area contributed by atoms with Gasteiger partial charge in [-0.25, -0.2) is 0 Å². The summed E-state index contributed by atoms with van der Waals surface area (Å²) in [5.74, 6) is 0. The molecular weight excluding hydrogens is 196 g/mol. The average Bonchev–Trinajstić information content (AvgIpc) is 2.53. The number of hydrogen-bond acceptors (Lipinski definition) is 1. The van der Waals surface area contributed by atoms with E-state index in [-0.39, 0.29) is 0 Å². The summed E-state index contributed by atoms with van der Waals surface area (Å²) in [4.78, 5) is 0. The quantitative estimate of drug-likeness (QED) is 0.768. The predicted molar refractivity (Wildman–Crippen MR) is 61.4 cm³/mol. The van der Waals surface area contributed by atoms with Crippen molar-refractivity contribution in [2.45, 2.75) is 26.4 Å². The summed E-state index contributed by atoms with van der Waals surface area (Å²) in [6, 6.07) is 4.20. The third-order valence-corrected chi connectivity index (χ3v) is 2.14. The van der Waals surface area contributed by atoms with Gasteiger partial charge < -0.3 is 9.88 Å². The van der Waals surface area contributed by atoms with Crippen LogP contribution in [0.1, 0.15) is 19.0 Å². The molecular formula is C11H17ClN2. The van der Waals surface area contributed by atoms with E-state index in [1.807, 2.05) is 0 Å². The molecule has 3 heteroatoms. The van der Waals surface area contributed by atoms with E-state index in [4.69, 9.17) is 11.6 Å². The molecule has 78 valence electrons. The van der Waals surface area contributed by atoms with Crippen molar-refractivity contribution < 1.29 is 0 Å². The summed E-state index contributed by atoms with van der Waals surface area (Å²) >= 11 is 5.66. The van der Waals surface area contributed by atoms with Crippen LogP contribution in [0.4, 0.5) is 0 Å². The van der Waals surface area contributed by atoms with Gasteiger partial charge in [-0.1, -0.05) is 25.1 Å². The number of aryl methyl sites for hydroxylation is 1. The van der Waals surface area contributed by atoms with E-state index in [1.165, 1.54) is 5.69 Å². The monoisotopic (exact) mass is 212 g/mol. The lowest BCUT2D eigenvalue weighted by molar-refractivity contribution is 0.618. The highest BCUT2D eigenvalue weighted by Crippen LogP contribution is 2.03. The Morgan fingerprint density at radius 3 is 3.07 bits per heavy atom. The van der Waals surface area contributed by atoms with Crippen molar-refractivity contribution in [2.24, 2.45) is 0 Å². The van der Waals surface area contributed by atoms with Crippen LogP contribution in [0.3, 0.4) is 0 Å². The highest BCUT2D eigenvalue weighted by Gasteiger charge is 1.98. The van der Waals surface area contributed by atoms with Gasteiger partial charge in [0.2, 0.25) is 0 Å².